The summed E-state index contributed by atoms with van der Waals surface area (Å²) in [5.74, 6) is -0.807. The summed E-state index contributed by atoms with van der Waals surface area (Å²) >= 11 is 0. The van der Waals surface area contributed by atoms with Gasteiger partial charge >= 0.3 is 5.97 Å². The highest BCUT2D eigenvalue weighted by molar-refractivity contribution is 6.80. The molecule has 0 aromatic carbocycles. The van der Waals surface area contributed by atoms with E-state index in [4.69, 9.17) is 5.11 Å². The molecule has 0 atom stereocenters. The van der Waals surface area contributed by atoms with Crippen LogP contribution in [-0.2, 0) is 4.79 Å². The molecule has 2 N–H and O–H groups in total. The number of amidine groups is 1. The Balaban J connectivity index is 4.81. The van der Waals surface area contributed by atoms with E-state index in [1.807, 2.05) is 19.6 Å². The first kappa shape index (κ1) is 13.4. The Hall–Kier alpha value is -0.626. The summed E-state index contributed by atoms with van der Waals surface area (Å²) in [6.45, 7) is 12.2. The van der Waals surface area contributed by atoms with Gasteiger partial charge in [0.25, 0.3) is 0 Å². The van der Waals surface area contributed by atoms with Crippen molar-refractivity contribution in [2.45, 2.75) is 39.3 Å². The van der Waals surface area contributed by atoms with Crippen molar-refractivity contribution in [3.8, 4) is 0 Å². The predicted molar refractivity (Wildman–Crippen MR) is 64.9 cm³/mol. The molecule has 0 fully saturated rings. The van der Waals surface area contributed by atoms with Gasteiger partial charge in [0, 0.05) is 0 Å². The fourth-order valence-corrected chi connectivity index (χ4v) is 2.63. The topological polar surface area (TPSA) is 61.7 Å². The van der Waals surface area contributed by atoms with Gasteiger partial charge in [-0.15, -0.1) is 0 Å². The van der Waals surface area contributed by atoms with E-state index in [-0.39, 0.29) is 5.84 Å². The molecular weight excluding hydrogens is 212 g/mol. The van der Waals surface area contributed by atoms with Crippen LogP contribution in [0.3, 0.4) is 0 Å². The molecule has 0 aromatic rings. The summed E-state index contributed by atoms with van der Waals surface area (Å²) in [5.41, 5.74) is 0. The second-order valence-corrected chi connectivity index (χ2v) is 14.6. The van der Waals surface area contributed by atoms with Crippen molar-refractivity contribution in [2.75, 3.05) is 0 Å². The van der Waals surface area contributed by atoms with Gasteiger partial charge in [0.15, 0.2) is 14.1 Å². The van der Waals surface area contributed by atoms with Gasteiger partial charge in [0.1, 0.15) is 8.24 Å². The summed E-state index contributed by atoms with van der Waals surface area (Å²) in [6.07, 6.45) is 0. The van der Waals surface area contributed by atoms with Crippen LogP contribution in [0.2, 0.25) is 39.3 Å². The summed E-state index contributed by atoms with van der Waals surface area (Å²) in [5, 5.41) is 8.95. The van der Waals surface area contributed by atoms with Crippen molar-refractivity contribution >= 4 is 28.3 Å². The molecule has 0 aliphatic heterocycles. The Labute approximate surface area is 87.6 Å². The van der Waals surface area contributed by atoms with E-state index in [2.05, 4.69) is 29.3 Å². The third-order valence-corrected chi connectivity index (χ3v) is 3.02. The van der Waals surface area contributed by atoms with Crippen LogP contribution in [0.5, 0.6) is 0 Å². The minimum absolute atomic E-state index is 0.142. The molecule has 0 amide bonds. The molecule has 0 unspecified atom stereocenters. The molecule has 0 heterocycles. The molecule has 0 bridgehead atoms. The lowest BCUT2D eigenvalue weighted by Crippen LogP contribution is -2.49. The third-order valence-electron chi connectivity index (χ3n) is 1.14. The lowest BCUT2D eigenvalue weighted by atomic mass is 10.6. The smallest absolute Gasteiger partial charge is 0.369 e. The molecule has 0 aromatic heterocycles. The summed E-state index contributed by atoms with van der Waals surface area (Å²) in [7, 11) is -3.34. The molecule has 0 rings (SSSR count). The average molecular weight is 232 g/mol. The van der Waals surface area contributed by atoms with Gasteiger partial charge in [-0.2, -0.15) is 0 Å². The van der Waals surface area contributed by atoms with E-state index in [1.165, 1.54) is 0 Å². The Morgan fingerprint density at radius 3 is 1.79 bits per heavy atom. The van der Waals surface area contributed by atoms with Crippen molar-refractivity contribution < 1.29 is 9.90 Å². The van der Waals surface area contributed by atoms with Crippen LogP contribution in [0.15, 0.2) is 4.66 Å². The Kier molecular flexibility index (Phi) is 4.07. The SMILES string of the molecule is C[Si](C)(C)N=C(N[Si](C)(C)C)C(=O)O. The van der Waals surface area contributed by atoms with Gasteiger partial charge in [-0.3, -0.25) is 0 Å². The molecule has 14 heavy (non-hydrogen) atoms. The van der Waals surface area contributed by atoms with E-state index in [1.54, 1.807) is 0 Å². The fraction of sp³-hybridized carbons (Fsp3) is 0.750. The van der Waals surface area contributed by atoms with Crippen LogP contribution in [0.4, 0.5) is 0 Å². The van der Waals surface area contributed by atoms with E-state index >= 15 is 0 Å². The number of rotatable bonds is 2. The fourth-order valence-electron chi connectivity index (χ4n) is 0.820. The van der Waals surface area contributed by atoms with Gasteiger partial charge < -0.3 is 14.7 Å². The van der Waals surface area contributed by atoms with E-state index in [9.17, 15) is 4.79 Å². The maximum Gasteiger partial charge on any atom is 0.369 e. The van der Waals surface area contributed by atoms with Crippen LogP contribution >= 0.6 is 0 Å². The zero-order chi connectivity index (χ0) is 11.6. The number of nitrogens with one attached hydrogen (secondary N) is 1. The predicted octanol–water partition coefficient (Wildman–Crippen LogP) is 1.73. The monoisotopic (exact) mass is 232 g/mol. The van der Waals surface area contributed by atoms with E-state index in [0.717, 1.165) is 0 Å². The number of hydrogen-bond donors (Lipinski definition) is 2. The molecule has 0 aliphatic carbocycles. The molecular formula is C8H20N2O2Si2. The van der Waals surface area contributed by atoms with E-state index in [0.29, 0.717) is 0 Å². The van der Waals surface area contributed by atoms with Crippen molar-refractivity contribution in [3.05, 3.63) is 0 Å². The highest BCUT2D eigenvalue weighted by Crippen LogP contribution is 2.03. The van der Waals surface area contributed by atoms with Gasteiger partial charge in [-0.05, 0) is 19.6 Å². The van der Waals surface area contributed by atoms with Crippen LogP contribution in [0.25, 0.3) is 0 Å². The molecule has 0 saturated heterocycles. The largest absolute Gasteiger partial charge is 0.475 e. The first-order valence-corrected chi connectivity index (χ1v) is 11.6. The molecule has 0 saturated carbocycles. The minimum atomic E-state index is -1.72. The lowest BCUT2D eigenvalue weighted by Gasteiger charge is -2.21. The first-order chi connectivity index (χ1) is 6.01. The van der Waals surface area contributed by atoms with Gasteiger partial charge in [-0.1, -0.05) is 19.6 Å². The Morgan fingerprint density at radius 2 is 1.57 bits per heavy atom. The van der Waals surface area contributed by atoms with Gasteiger partial charge in [-0.25, -0.2) is 4.79 Å². The number of aliphatic carboxylic acids is 1. The number of carboxylic acid groups (broad SMARTS) is 1. The lowest BCUT2D eigenvalue weighted by molar-refractivity contribution is -0.129. The number of carboxylic acids is 1. The third kappa shape index (κ3) is 6.84. The number of hydrogen-bond acceptors (Lipinski definition) is 2. The van der Waals surface area contributed by atoms with Crippen LogP contribution < -0.4 is 4.98 Å². The van der Waals surface area contributed by atoms with Crippen molar-refractivity contribution in [1.82, 2.24) is 4.98 Å². The summed E-state index contributed by atoms with van der Waals surface area (Å²) < 4.78 is 4.27. The van der Waals surface area contributed by atoms with Crippen LogP contribution in [-0.4, -0.2) is 33.4 Å². The minimum Gasteiger partial charge on any atom is -0.475 e. The van der Waals surface area contributed by atoms with Crippen molar-refractivity contribution in [3.63, 3.8) is 0 Å². The molecule has 6 heteroatoms. The average Bonchev–Trinajstić information content (AvgIpc) is 1.78. The summed E-state index contributed by atoms with van der Waals surface area (Å²) in [6, 6.07) is 0. The standard InChI is InChI=1S/C8H20N2O2Si2/c1-13(2,3)9-7(8(11)12)10-14(4,5)6/h1-6H3,(H,9,10)(H,11,12). The second kappa shape index (κ2) is 4.26. The Morgan fingerprint density at radius 1 is 1.14 bits per heavy atom. The highest BCUT2D eigenvalue weighted by atomic mass is 28.3. The summed E-state index contributed by atoms with van der Waals surface area (Å²) in [4.78, 5) is 13.9. The van der Waals surface area contributed by atoms with Crippen LogP contribution in [0.1, 0.15) is 0 Å². The maximum atomic E-state index is 10.9. The van der Waals surface area contributed by atoms with Crippen LogP contribution in [0, 0.1) is 0 Å². The highest BCUT2D eigenvalue weighted by Gasteiger charge is 2.22. The normalized spacial score (nSPS) is 14.0. The quantitative estimate of drug-likeness (QED) is 0.433. The van der Waals surface area contributed by atoms with Crippen molar-refractivity contribution in [2.24, 2.45) is 4.66 Å². The zero-order valence-electron chi connectivity index (χ0n) is 9.80. The molecule has 0 radical (unpaired) electrons. The first-order valence-electron chi connectivity index (χ1n) is 4.62. The van der Waals surface area contributed by atoms with Crippen molar-refractivity contribution in [1.29, 1.82) is 0 Å². The molecule has 0 aliphatic rings. The van der Waals surface area contributed by atoms with E-state index < -0.39 is 22.4 Å². The molecule has 4 nitrogen and oxygen atoms in total. The maximum absolute atomic E-state index is 10.9. The number of nitrogens with zero attached hydrogens (tertiary/aromatic N) is 1. The Bertz CT molecular complexity index is 251. The number of carbonyl (C=O) groups is 1. The molecule has 0 spiro atoms. The van der Waals surface area contributed by atoms with Gasteiger partial charge in [0.05, 0.1) is 0 Å². The van der Waals surface area contributed by atoms with Gasteiger partial charge in [0.2, 0.25) is 0 Å². The zero-order valence-corrected chi connectivity index (χ0v) is 11.8. The molecule has 82 valence electrons. The second-order valence-electron chi connectivity index (χ2n) is 5.31.